The lowest BCUT2D eigenvalue weighted by Crippen LogP contribution is -2.22. The van der Waals surface area contributed by atoms with Crippen LogP contribution in [-0.2, 0) is 12.6 Å². The van der Waals surface area contributed by atoms with Gasteiger partial charge in [0, 0.05) is 18.8 Å². The minimum absolute atomic E-state index is 0.810. The average Bonchev–Trinajstić information content (AvgIpc) is 2.64. The molecular weight excluding hydrogens is 212 g/mol. The highest BCUT2D eigenvalue weighted by Crippen LogP contribution is 2.29. The molecule has 0 bridgehead atoms. The van der Waals surface area contributed by atoms with E-state index in [0.717, 1.165) is 22.3 Å². The molecule has 17 heavy (non-hydrogen) atoms. The predicted octanol–water partition coefficient (Wildman–Crippen LogP) is 2.29. The van der Waals surface area contributed by atoms with Crippen molar-refractivity contribution in [1.82, 2.24) is 9.78 Å². The standard InChI is InChI=1S/C14H18N2O/c1-10-5-11(2)7-12(6-10)14(3,17)13-8-15-16(4)9-13/h5-9,17H,1-4H3. The maximum absolute atomic E-state index is 10.7. The lowest BCUT2D eigenvalue weighted by Gasteiger charge is -2.23. The van der Waals surface area contributed by atoms with Crippen molar-refractivity contribution < 1.29 is 5.11 Å². The van der Waals surface area contributed by atoms with E-state index in [1.165, 1.54) is 0 Å². The summed E-state index contributed by atoms with van der Waals surface area (Å²) < 4.78 is 1.70. The zero-order chi connectivity index (χ0) is 12.6. The number of hydrogen-bond acceptors (Lipinski definition) is 2. The van der Waals surface area contributed by atoms with Gasteiger partial charge in [-0.3, -0.25) is 4.68 Å². The van der Waals surface area contributed by atoms with E-state index in [2.05, 4.69) is 11.2 Å². The van der Waals surface area contributed by atoms with Crippen LogP contribution in [0.25, 0.3) is 0 Å². The molecule has 0 aliphatic carbocycles. The molecule has 1 aromatic carbocycles. The maximum atomic E-state index is 10.7. The van der Waals surface area contributed by atoms with Crippen LogP contribution in [0.2, 0.25) is 0 Å². The first-order valence-electron chi connectivity index (χ1n) is 5.70. The minimum atomic E-state index is -0.995. The normalized spacial score (nSPS) is 14.6. The molecule has 1 atom stereocenters. The van der Waals surface area contributed by atoms with E-state index in [-0.39, 0.29) is 0 Å². The summed E-state index contributed by atoms with van der Waals surface area (Å²) in [5.74, 6) is 0. The number of aryl methyl sites for hydroxylation is 3. The second-order valence-corrected chi connectivity index (χ2v) is 4.85. The molecule has 0 saturated heterocycles. The summed E-state index contributed by atoms with van der Waals surface area (Å²) in [4.78, 5) is 0. The average molecular weight is 230 g/mol. The Kier molecular flexibility index (Phi) is 2.79. The van der Waals surface area contributed by atoms with Crippen LogP contribution in [-0.4, -0.2) is 14.9 Å². The van der Waals surface area contributed by atoms with Gasteiger partial charge in [0.25, 0.3) is 0 Å². The second kappa shape index (κ2) is 4.00. The Morgan fingerprint density at radius 2 is 1.71 bits per heavy atom. The van der Waals surface area contributed by atoms with E-state index < -0.39 is 5.60 Å². The highest BCUT2D eigenvalue weighted by molar-refractivity contribution is 5.37. The number of aromatic nitrogens is 2. The van der Waals surface area contributed by atoms with Gasteiger partial charge in [-0.05, 0) is 26.3 Å². The Bertz CT molecular complexity index is 521. The fraction of sp³-hybridized carbons (Fsp3) is 0.357. The Morgan fingerprint density at radius 1 is 1.12 bits per heavy atom. The van der Waals surface area contributed by atoms with Gasteiger partial charge >= 0.3 is 0 Å². The van der Waals surface area contributed by atoms with Crippen LogP contribution >= 0.6 is 0 Å². The maximum Gasteiger partial charge on any atom is 0.115 e. The zero-order valence-corrected chi connectivity index (χ0v) is 10.7. The minimum Gasteiger partial charge on any atom is -0.381 e. The van der Waals surface area contributed by atoms with Crippen LogP contribution in [0.3, 0.4) is 0 Å². The van der Waals surface area contributed by atoms with Crippen molar-refractivity contribution in [3.8, 4) is 0 Å². The summed E-state index contributed by atoms with van der Waals surface area (Å²) in [6, 6.07) is 6.13. The monoisotopic (exact) mass is 230 g/mol. The number of hydrogen-bond donors (Lipinski definition) is 1. The first kappa shape index (κ1) is 11.9. The largest absolute Gasteiger partial charge is 0.381 e. The molecular formula is C14H18N2O. The van der Waals surface area contributed by atoms with Crippen molar-refractivity contribution in [1.29, 1.82) is 0 Å². The van der Waals surface area contributed by atoms with Gasteiger partial charge in [-0.1, -0.05) is 29.3 Å². The van der Waals surface area contributed by atoms with Gasteiger partial charge in [-0.25, -0.2) is 0 Å². The van der Waals surface area contributed by atoms with Crippen molar-refractivity contribution in [3.05, 3.63) is 52.8 Å². The Morgan fingerprint density at radius 3 is 2.18 bits per heavy atom. The molecule has 0 spiro atoms. The van der Waals surface area contributed by atoms with Crippen molar-refractivity contribution >= 4 is 0 Å². The van der Waals surface area contributed by atoms with Crippen LogP contribution in [0.5, 0.6) is 0 Å². The van der Waals surface area contributed by atoms with Gasteiger partial charge in [0.2, 0.25) is 0 Å². The topological polar surface area (TPSA) is 38.1 Å². The summed E-state index contributed by atoms with van der Waals surface area (Å²) in [5.41, 5.74) is 3.03. The first-order valence-corrected chi connectivity index (χ1v) is 5.70. The van der Waals surface area contributed by atoms with Crippen LogP contribution in [0.4, 0.5) is 0 Å². The molecule has 3 nitrogen and oxygen atoms in total. The Labute approximate surface area is 102 Å². The first-order chi connectivity index (χ1) is 7.89. The second-order valence-electron chi connectivity index (χ2n) is 4.85. The molecule has 0 aliphatic heterocycles. The molecule has 1 unspecified atom stereocenters. The number of benzene rings is 1. The lowest BCUT2D eigenvalue weighted by atomic mass is 9.88. The number of nitrogens with zero attached hydrogens (tertiary/aromatic N) is 2. The van der Waals surface area contributed by atoms with E-state index >= 15 is 0 Å². The molecule has 0 saturated carbocycles. The highest BCUT2D eigenvalue weighted by atomic mass is 16.3. The third-order valence-corrected chi connectivity index (χ3v) is 3.05. The molecule has 2 aromatic rings. The van der Waals surface area contributed by atoms with E-state index in [9.17, 15) is 5.11 Å². The Hall–Kier alpha value is -1.61. The summed E-state index contributed by atoms with van der Waals surface area (Å²) in [5, 5.41) is 14.8. The molecule has 1 aromatic heterocycles. The fourth-order valence-corrected chi connectivity index (χ4v) is 2.10. The molecule has 90 valence electrons. The van der Waals surface area contributed by atoms with E-state index in [1.807, 2.05) is 39.2 Å². The summed E-state index contributed by atoms with van der Waals surface area (Å²) in [6.07, 6.45) is 3.55. The summed E-state index contributed by atoms with van der Waals surface area (Å²) in [7, 11) is 1.85. The molecule has 3 heteroatoms. The van der Waals surface area contributed by atoms with Gasteiger partial charge in [-0.2, -0.15) is 5.10 Å². The van der Waals surface area contributed by atoms with Crippen molar-refractivity contribution in [3.63, 3.8) is 0 Å². The molecule has 1 heterocycles. The van der Waals surface area contributed by atoms with Crippen LogP contribution in [0, 0.1) is 13.8 Å². The van der Waals surface area contributed by atoms with Gasteiger partial charge in [0.05, 0.1) is 6.20 Å². The van der Waals surface area contributed by atoms with Gasteiger partial charge in [-0.15, -0.1) is 0 Å². The fourth-order valence-electron chi connectivity index (χ4n) is 2.10. The predicted molar refractivity (Wildman–Crippen MR) is 67.8 cm³/mol. The van der Waals surface area contributed by atoms with Crippen molar-refractivity contribution in [2.45, 2.75) is 26.4 Å². The van der Waals surface area contributed by atoms with Crippen LogP contribution in [0.15, 0.2) is 30.6 Å². The SMILES string of the molecule is Cc1cc(C)cc(C(C)(O)c2cnn(C)c2)c1. The third-order valence-electron chi connectivity index (χ3n) is 3.05. The molecule has 0 radical (unpaired) electrons. The van der Waals surface area contributed by atoms with Gasteiger partial charge < -0.3 is 5.11 Å². The van der Waals surface area contributed by atoms with Crippen LogP contribution < -0.4 is 0 Å². The van der Waals surface area contributed by atoms with E-state index in [4.69, 9.17) is 0 Å². The zero-order valence-electron chi connectivity index (χ0n) is 10.7. The molecule has 0 aliphatic rings. The van der Waals surface area contributed by atoms with Crippen LogP contribution in [0.1, 0.15) is 29.2 Å². The summed E-state index contributed by atoms with van der Waals surface area (Å²) >= 11 is 0. The van der Waals surface area contributed by atoms with E-state index in [1.54, 1.807) is 17.8 Å². The number of aliphatic hydroxyl groups is 1. The summed E-state index contributed by atoms with van der Waals surface area (Å²) in [6.45, 7) is 5.88. The molecule has 0 fully saturated rings. The Balaban J connectivity index is 2.50. The smallest absolute Gasteiger partial charge is 0.115 e. The van der Waals surface area contributed by atoms with E-state index in [0.29, 0.717) is 0 Å². The van der Waals surface area contributed by atoms with Gasteiger partial charge in [0.15, 0.2) is 0 Å². The quantitative estimate of drug-likeness (QED) is 0.859. The molecule has 2 rings (SSSR count). The molecule has 0 amide bonds. The molecule has 1 N–H and O–H groups in total. The highest BCUT2D eigenvalue weighted by Gasteiger charge is 2.27. The van der Waals surface area contributed by atoms with Crippen molar-refractivity contribution in [2.75, 3.05) is 0 Å². The lowest BCUT2D eigenvalue weighted by molar-refractivity contribution is 0.102. The van der Waals surface area contributed by atoms with Gasteiger partial charge in [0.1, 0.15) is 5.60 Å². The number of rotatable bonds is 2. The third kappa shape index (κ3) is 2.24. The van der Waals surface area contributed by atoms with Crippen molar-refractivity contribution in [2.24, 2.45) is 7.05 Å².